The number of phenolic OH excluding ortho intramolecular Hbond substituents is 1. The lowest BCUT2D eigenvalue weighted by Gasteiger charge is -2.01. The molecular formula is C11H12N2O2. The van der Waals surface area contributed by atoms with Gasteiger partial charge in [0.25, 0.3) is 0 Å². The fraction of sp³-hybridized carbons (Fsp3) is 0.182. The molecular weight excluding hydrogens is 192 g/mol. The van der Waals surface area contributed by atoms with Crippen LogP contribution in [0.2, 0.25) is 0 Å². The molecule has 0 amide bonds. The van der Waals surface area contributed by atoms with Gasteiger partial charge in [-0.15, -0.1) is 0 Å². The molecule has 2 rings (SSSR count). The zero-order valence-electron chi connectivity index (χ0n) is 8.60. The lowest BCUT2D eigenvalue weighted by Crippen LogP contribution is -1.96. The van der Waals surface area contributed by atoms with Crippen molar-refractivity contribution in [2.75, 3.05) is 0 Å². The molecule has 0 unspecified atom stereocenters. The fourth-order valence-corrected chi connectivity index (χ4v) is 1.40. The minimum absolute atomic E-state index is 0.197. The number of nitrogens with zero attached hydrogens (tertiary/aromatic N) is 2. The van der Waals surface area contributed by atoms with Crippen molar-refractivity contribution >= 4 is 0 Å². The molecule has 0 aliphatic rings. The van der Waals surface area contributed by atoms with Crippen LogP contribution in [-0.4, -0.2) is 20.0 Å². The smallest absolute Gasteiger partial charge is 0.175 e. The summed E-state index contributed by atoms with van der Waals surface area (Å²) in [6.45, 7) is 3.64. The number of rotatable bonds is 1. The molecule has 0 aliphatic heterocycles. The summed E-state index contributed by atoms with van der Waals surface area (Å²) in [6, 6.07) is 6.55. The van der Waals surface area contributed by atoms with Crippen LogP contribution in [0.15, 0.2) is 24.3 Å². The van der Waals surface area contributed by atoms with Gasteiger partial charge in [-0.25, -0.2) is 4.98 Å². The van der Waals surface area contributed by atoms with Gasteiger partial charge in [0.1, 0.15) is 5.75 Å². The predicted molar refractivity (Wildman–Crippen MR) is 56.0 cm³/mol. The predicted octanol–water partition coefficient (Wildman–Crippen LogP) is 2.11. The van der Waals surface area contributed by atoms with Crippen LogP contribution in [-0.2, 0) is 0 Å². The summed E-state index contributed by atoms with van der Waals surface area (Å²) in [5.74, 6) is 0.688. The fourth-order valence-electron chi connectivity index (χ4n) is 1.40. The second kappa shape index (κ2) is 3.31. The van der Waals surface area contributed by atoms with Crippen LogP contribution in [0, 0.1) is 13.8 Å². The third kappa shape index (κ3) is 1.54. The first-order valence-electron chi connectivity index (χ1n) is 4.64. The van der Waals surface area contributed by atoms with Gasteiger partial charge in [0, 0.05) is 5.56 Å². The molecule has 0 radical (unpaired) electrons. The maximum atomic E-state index is 9.73. The minimum atomic E-state index is 0.197. The number of aromatic nitrogens is 2. The Bertz CT molecular complexity index is 486. The Morgan fingerprint density at radius 2 is 1.73 bits per heavy atom. The Kier molecular flexibility index (Phi) is 2.11. The highest BCUT2D eigenvalue weighted by atomic mass is 16.5. The second-order valence-corrected chi connectivity index (χ2v) is 3.46. The van der Waals surface area contributed by atoms with Crippen molar-refractivity contribution in [1.29, 1.82) is 0 Å². The number of imidazole rings is 1. The minimum Gasteiger partial charge on any atom is -0.508 e. The second-order valence-electron chi connectivity index (χ2n) is 3.46. The van der Waals surface area contributed by atoms with Crippen LogP contribution in [0.5, 0.6) is 5.75 Å². The van der Waals surface area contributed by atoms with E-state index in [-0.39, 0.29) is 5.75 Å². The van der Waals surface area contributed by atoms with E-state index in [1.165, 1.54) is 0 Å². The molecule has 1 aromatic carbocycles. The highest BCUT2D eigenvalue weighted by Crippen LogP contribution is 2.22. The summed E-state index contributed by atoms with van der Waals surface area (Å²) in [5, 5.41) is 18.9. The average molecular weight is 204 g/mol. The van der Waals surface area contributed by atoms with Crippen LogP contribution in [0.25, 0.3) is 11.4 Å². The third-order valence-corrected chi connectivity index (χ3v) is 2.44. The number of benzene rings is 1. The molecule has 0 atom stereocenters. The van der Waals surface area contributed by atoms with E-state index in [1.807, 2.05) is 6.92 Å². The largest absolute Gasteiger partial charge is 0.508 e. The highest BCUT2D eigenvalue weighted by Gasteiger charge is 2.11. The van der Waals surface area contributed by atoms with E-state index in [1.54, 1.807) is 31.2 Å². The van der Waals surface area contributed by atoms with Crippen molar-refractivity contribution in [3.8, 4) is 17.1 Å². The van der Waals surface area contributed by atoms with Crippen LogP contribution >= 0.6 is 0 Å². The lowest BCUT2D eigenvalue weighted by atomic mass is 10.2. The SMILES string of the molecule is Cc1nc(-c2ccc(O)cc2)n(O)c1C. The maximum absolute atomic E-state index is 9.73. The van der Waals surface area contributed by atoms with Crippen LogP contribution in [0.3, 0.4) is 0 Å². The normalized spacial score (nSPS) is 10.5. The molecule has 2 aromatic rings. The van der Waals surface area contributed by atoms with Crippen molar-refractivity contribution < 1.29 is 10.3 Å². The molecule has 78 valence electrons. The first-order valence-corrected chi connectivity index (χ1v) is 4.64. The molecule has 1 aromatic heterocycles. The quantitative estimate of drug-likeness (QED) is 0.699. The summed E-state index contributed by atoms with van der Waals surface area (Å²) in [6.07, 6.45) is 0. The Morgan fingerprint density at radius 3 is 2.20 bits per heavy atom. The van der Waals surface area contributed by atoms with Gasteiger partial charge in [0.05, 0.1) is 11.4 Å². The van der Waals surface area contributed by atoms with E-state index in [9.17, 15) is 5.21 Å². The highest BCUT2D eigenvalue weighted by molar-refractivity contribution is 5.57. The van der Waals surface area contributed by atoms with E-state index in [2.05, 4.69) is 4.98 Å². The molecule has 0 aliphatic carbocycles. The topological polar surface area (TPSA) is 58.3 Å². The monoisotopic (exact) mass is 204 g/mol. The molecule has 2 N–H and O–H groups in total. The van der Waals surface area contributed by atoms with Gasteiger partial charge in [-0.3, -0.25) is 0 Å². The Balaban J connectivity index is 2.54. The number of aryl methyl sites for hydroxylation is 1. The molecule has 0 saturated heterocycles. The van der Waals surface area contributed by atoms with Gasteiger partial charge in [-0.2, -0.15) is 4.73 Å². The van der Waals surface area contributed by atoms with Gasteiger partial charge >= 0.3 is 0 Å². The number of hydrogen-bond donors (Lipinski definition) is 2. The first-order chi connectivity index (χ1) is 7.09. The summed E-state index contributed by atoms with van der Waals surface area (Å²) < 4.78 is 1.06. The Hall–Kier alpha value is -1.97. The first kappa shape index (κ1) is 9.58. The van der Waals surface area contributed by atoms with Gasteiger partial charge in [0.15, 0.2) is 5.82 Å². The van der Waals surface area contributed by atoms with Gasteiger partial charge in [-0.1, -0.05) is 0 Å². The summed E-state index contributed by atoms with van der Waals surface area (Å²) in [4.78, 5) is 4.24. The molecule has 4 nitrogen and oxygen atoms in total. The van der Waals surface area contributed by atoms with Gasteiger partial charge < -0.3 is 10.3 Å². The van der Waals surface area contributed by atoms with Crippen molar-refractivity contribution in [2.24, 2.45) is 0 Å². The number of phenols is 1. The molecule has 4 heteroatoms. The number of hydrogen-bond acceptors (Lipinski definition) is 3. The molecule has 15 heavy (non-hydrogen) atoms. The van der Waals surface area contributed by atoms with Crippen molar-refractivity contribution in [1.82, 2.24) is 9.71 Å². The van der Waals surface area contributed by atoms with E-state index in [0.29, 0.717) is 5.82 Å². The zero-order valence-corrected chi connectivity index (χ0v) is 8.60. The summed E-state index contributed by atoms with van der Waals surface area (Å²) in [7, 11) is 0. The molecule has 0 bridgehead atoms. The summed E-state index contributed by atoms with van der Waals surface area (Å²) in [5.41, 5.74) is 2.28. The van der Waals surface area contributed by atoms with Crippen LogP contribution in [0.4, 0.5) is 0 Å². The van der Waals surface area contributed by atoms with E-state index >= 15 is 0 Å². The van der Waals surface area contributed by atoms with Crippen LogP contribution < -0.4 is 0 Å². The Labute approximate surface area is 87.4 Å². The van der Waals surface area contributed by atoms with Gasteiger partial charge in [-0.05, 0) is 38.1 Å². The maximum Gasteiger partial charge on any atom is 0.175 e. The molecule has 0 spiro atoms. The Morgan fingerprint density at radius 1 is 1.13 bits per heavy atom. The molecule has 0 saturated carbocycles. The zero-order chi connectivity index (χ0) is 11.0. The van der Waals surface area contributed by atoms with E-state index in [4.69, 9.17) is 5.11 Å². The number of aromatic hydroxyl groups is 1. The third-order valence-electron chi connectivity index (χ3n) is 2.44. The van der Waals surface area contributed by atoms with Gasteiger partial charge in [0.2, 0.25) is 0 Å². The average Bonchev–Trinajstić information content (AvgIpc) is 2.47. The van der Waals surface area contributed by atoms with E-state index < -0.39 is 0 Å². The van der Waals surface area contributed by atoms with Crippen molar-refractivity contribution in [2.45, 2.75) is 13.8 Å². The standard InChI is InChI=1S/C11H12N2O2/c1-7-8(2)13(15)11(12-7)9-3-5-10(14)6-4-9/h3-6,14-15H,1-2H3. The molecule has 0 fully saturated rings. The van der Waals surface area contributed by atoms with Crippen LogP contribution in [0.1, 0.15) is 11.4 Å². The summed E-state index contributed by atoms with van der Waals surface area (Å²) >= 11 is 0. The van der Waals surface area contributed by atoms with Crippen molar-refractivity contribution in [3.05, 3.63) is 35.7 Å². The van der Waals surface area contributed by atoms with E-state index in [0.717, 1.165) is 21.7 Å². The lowest BCUT2D eigenvalue weighted by molar-refractivity contribution is 0.184. The molecule has 1 heterocycles. The van der Waals surface area contributed by atoms with Crippen molar-refractivity contribution in [3.63, 3.8) is 0 Å².